The van der Waals surface area contributed by atoms with Crippen LogP contribution in [-0.2, 0) is 0 Å². The molecule has 0 N–H and O–H groups in total. The third-order valence-electron chi connectivity index (χ3n) is 1.48. The van der Waals surface area contributed by atoms with E-state index in [1.165, 1.54) is 4.90 Å². The van der Waals surface area contributed by atoms with Crippen molar-refractivity contribution in [3.63, 3.8) is 0 Å². The van der Waals surface area contributed by atoms with E-state index in [1.807, 2.05) is 20.2 Å². The molecule has 1 aromatic carbocycles. The molecule has 1 nitrogen and oxygen atoms in total. The lowest BCUT2D eigenvalue weighted by Crippen LogP contribution is -2.08. The van der Waals surface area contributed by atoms with Gasteiger partial charge in [0.1, 0.15) is 0 Å². The molecule has 2 heteroatoms. The van der Waals surface area contributed by atoms with E-state index in [-0.39, 0.29) is 0 Å². The van der Waals surface area contributed by atoms with Crippen LogP contribution in [0.5, 0.6) is 0 Å². The first-order valence-corrected chi connectivity index (χ1v) is 4.69. The summed E-state index contributed by atoms with van der Waals surface area (Å²) in [5.74, 6) is 0. The number of benzene rings is 1. The summed E-state index contributed by atoms with van der Waals surface area (Å²) in [6.45, 7) is 0. The van der Waals surface area contributed by atoms with E-state index in [0.717, 1.165) is 5.69 Å². The Morgan fingerprint density at radius 1 is 1.45 bits per heavy atom. The summed E-state index contributed by atoms with van der Waals surface area (Å²) in [5.41, 5.74) is 1.14. The summed E-state index contributed by atoms with van der Waals surface area (Å²) in [5, 5.41) is 0. The summed E-state index contributed by atoms with van der Waals surface area (Å²) in [6.07, 6.45) is 2.08. The fraction of sp³-hybridized carbons (Fsp3) is 0.333. The van der Waals surface area contributed by atoms with Crippen molar-refractivity contribution in [1.29, 1.82) is 0 Å². The normalized spacial score (nSPS) is 9.73. The molecule has 0 atom stereocenters. The average Bonchev–Trinajstić information content (AvgIpc) is 2.05. The maximum Gasteiger partial charge on any atom is 0.0452 e. The van der Waals surface area contributed by atoms with Gasteiger partial charge in [-0.15, -0.1) is 11.8 Å². The van der Waals surface area contributed by atoms with Crippen molar-refractivity contribution in [3.8, 4) is 0 Å². The number of hydrogen-bond donors (Lipinski definition) is 0. The second kappa shape index (κ2) is 3.67. The van der Waals surface area contributed by atoms with Gasteiger partial charge in [0.05, 0.1) is 0 Å². The highest BCUT2D eigenvalue weighted by molar-refractivity contribution is 7.98. The zero-order valence-corrected chi connectivity index (χ0v) is 7.90. The van der Waals surface area contributed by atoms with E-state index in [2.05, 4.69) is 29.4 Å². The number of nitrogens with zero attached hydrogens (tertiary/aromatic N) is 1. The Hall–Kier alpha value is -0.630. The quantitative estimate of drug-likeness (QED) is 0.620. The fourth-order valence-corrected chi connectivity index (χ4v) is 1.25. The standard InChI is InChI=1S/C9H12NS/c1-10(2)8-5-4-6-9(7-8)11-3/h4,6-7H,1-3H3. The van der Waals surface area contributed by atoms with Gasteiger partial charge in [-0.05, 0) is 18.4 Å². The molecule has 1 radical (unpaired) electrons. The van der Waals surface area contributed by atoms with Crippen LogP contribution in [0.15, 0.2) is 23.1 Å². The summed E-state index contributed by atoms with van der Waals surface area (Å²) in [6, 6.07) is 9.31. The first kappa shape index (κ1) is 8.47. The Labute approximate surface area is 72.4 Å². The van der Waals surface area contributed by atoms with Gasteiger partial charge in [-0.3, -0.25) is 0 Å². The maximum atomic E-state index is 3.16. The van der Waals surface area contributed by atoms with Crippen molar-refractivity contribution in [2.75, 3.05) is 25.3 Å². The predicted octanol–water partition coefficient (Wildman–Crippen LogP) is 2.27. The lowest BCUT2D eigenvalue weighted by Gasteiger charge is -2.11. The van der Waals surface area contributed by atoms with Crippen molar-refractivity contribution in [3.05, 3.63) is 24.3 Å². The lowest BCUT2D eigenvalue weighted by atomic mass is 10.3. The molecule has 11 heavy (non-hydrogen) atoms. The molecule has 0 heterocycles. The van der Waals surface area contributed by atoms with Crippen LogP contribution >= 0.6 is 11.8 Å². The Morgan fingerprint density at radius 3 is 2.73 bits per heavy atom. The average molecular weight is 166 g/mol. The number of hydrogen-bond acceptors (Lipinski definition) is 2. The molecule has 1 aromatic rings. The molecule has 0 saturated heterocycles. The largest absolute Gasteiger partial charge is 0.377 e. The number of rotatable bonds is 2. The van der Waals surface area contributed by atoms with Crippen LogP contribution in [-0.4, -0.2) is 20.4 Å². The Bertz CT molecular complexity index is 233. The molecule has 0 spiro atoms. The monoisotopic (exact) mass is 166 g/mol. The molecular weight excluding hydrogens is 154 g/mol. The molecule has 0 saturated carbocycles. The molecule has 0 unspecified atom stereocenters. The molecule has 1 rings (SSSR count). The zero-order valence-electron chi connectivity index (χ0n) is 7.09. The van der Waals surface area contributed by atoms with Gasteiger partial charge in [0.15, 0.2) is 0 Å². The van der Waals surface area contributed by atoms with Crippen molar-refractivity contribution in [2.24, 2.45) is 0 Å². The summed E-state index contributed by atoms with van der Waals surface area (Å²) in [4.78, 5) is 3.34. The zero-order chi connectivity index (χ0) is 8.27. The molecule has 0 aliphatic carbocycles. The van der Waals surface area contributed by atoms with Crippen LogP contribution in [0.2, 0.25) is 0 Å². The molecule has 0 aliphatic heterocycles. The minimum atomic E-state index is 1.14. The first-order valence-electron chi connectivity index (χ1n) is 3.47. The lowest BCUT2D eigenvalue weighted by molar-refractivity contribution is 1.12. The van der Waals surface area contributed by atoms with Gasteiger partial charge in [0.2, 0.25) is 0 Å². The fourth-order valence-electron chi connectivity index (χ4n) is 0.819. The molecule has 0 aromatic heterocycles. The highest BCUT2D eigenvalue weighted by atomic mass is 32.2. The summed E-state index contributed by atoms with van der Waals surface area (Å²) >= 11 is 1.75. The number of anilines is 1. The van der Waals surface area contributed by atoms with Gasteiger partial charge < -0.3 is 4.90 Å². The van der Waals surface area contributed by atoms with Gasteiger partial charge in [-0.25, -0.2) is 0 Å². The van der Waals surface area contributed by atoms with Crippen LogP contribution in [0.3, 0.4) is 0 Å². The topological polar surface area (TPSA) is 3.24 Å². The van der Waals surface area contributed by atoms with E-state index in [1.54, 1.807) is 11.8 Å². The maximum absolute atomic E-state index is 3.16. The molecule has 59 valence electrons. The van der Waals surface area contributed by atoms with Gasteiger partial charge in [0.25, 0.3) is 0 Å². The van der Waals surface area contributed by atoms with Gasteiger partial charge >= 0.3 is 0 Å². The van der Waals surface area contributed by atoms with Crippen LogP contribution in [0.1, 0.15) is 0 Å². The SMILES string of the molecule is CSc1cc[c]c(N(C)C)c1. The van der Waals surface area contributed by atoms with E-state index in [9.17, 15) is 0 Å². The molecule has 0 amide bonds. The van der Waals surface area contributed by atoms with E-state index < -0.39 is 0 Å². The van der Waals surface area contributed by atoms with Crippen molar-refractivity contribution in [2.45, 2.75) is 4.90 Å². The van der Waals surface area contributed by atoms with Crippen LogP contribution in [0, 0.1) is 6.07 Å². The van der Waals surface area contributed by atoms with Crippen molar-refractivity contribution in [1.82, 2.24) is 0 Å². The summed E-state index contributed by atoms with van der Waals surface area (Å²) < 4.78 is 0. The van der Waals surface area contributed by atoms with Crippen molar-refractivity contribution >= 4 is 17.4 Å². The van der Waals surface area contributed by atoms with Crippen LogP contribution < -0.4 is 4.90 Å². The smallest absolute Gasteiger partial charge is 0.0452 e. The van der Waals surface area contributed by atoms with E-state index >= 15 is 0 Å². The van der Waals surface area contributed by atoms with Crippen LogP contribution in [0.4, 0.5) is 5.69 Å². The molecule has 0 aliphatic rings. The van der Waals surface area contributed by atoms with Crippen LogP contribution in [0.25, 0.3) is 0 Å². The minimum absolute atomic E-state index is 1.14. The molecule has 0 bridgehead atoms. The van der Waals surface area contributed by atoms with Gasteiger partial charge in [-0.2, -0.15) is 0 Å². The predicted molar refractivity (Wildman–Crippen MR) is 51.4 cm³/mol. The number of thioether (sulfide) groups is 1. The Kier molecular flexibility index (Phi) is 2.83. The second-order valence-corrected chi connectivity index (χ2v) is 3.39. The third kappa shape index (κ3) is 2.15. The van der Waals surface area contributed by atoms with E-state index in [0.29, 0.717) is 0 Å². The molecule has 0 fully saturated rings. The highest BCUT2D eigenvalue weighted by Gasteiger charge is 1.95. The Balaban J connectivity index is 2.91. The van der Waals surface area contributed by atoms with Gasteiger partial charge in [-0.1, -0.05) is 6.07 Å². The summed E-state index contributed by atoms with van der Waals surface area (Å²) in [7, 11) is 4.05. The van der Waals surface area contributed by atoms with E-state index in [4.69, 9.17) is 0 Å². The third-order valence-corrected chi connectivity index (χ3v) is 2.20. The highest BCUT2D eigenvalue weighted by Crippen LogP contribution is 2.19. The molecular formula is C9H12NS. The first-order chi connectivity index (χ1) is 5.24. The van der Waals surface area contributed by atoms with Crippen molar-refractivity contribution < 1.29 is 0 Å². The minimum Gasteiger partial charge on any atom is -0.377 e. The second-order valence-electron chi connectivity index (χ2n) is 2.51. The van der Waals surface area contributed by atoms with Gasteiger partial charge in [0, 0.05) is 30.7 Å². The Morgan fingerprint density at radius 2 is 2.18 bits per heavy atom.